The van der Waals surface area contributed by atoms with Gasteiger partial charge in [0, 0.05) is 44.9 Å². The van der Waals surface area contributed by atoms with E-state index in [4.69, 9.17) is 35.9 Å². The van der Waals surface area contributed by atoms with Crippen molar-refractivity contribution in [3.05, 3.63) is 30.4 Å². The number of hydrogen-bond donors (Lipinski definition) is 0. The van der Waals surface area contributed by atoms with Crippen LogP contribution < -0.4 is 0 Å². The van der Waals surface area contributed by atoms with E-state index in [9.17, 15) is 9.59 Å². The van der Waals surface area contributed by atoms with Gasteiger partial charge in [-0.05, 0) is 25.1 Å². The van der Waals surface area contributed by atoms with E-state index in [-0.39, 0.29) is 29.5 Å². The van der Waals surface area contributed by atoms with E-state index in [0.717, 1.165) is 5.57 Å². The number of rotatable bonds is 7. The Morgan fingerprint density at radius 2 is 1.97 bits per heavy atom. The number of nitrogens with zero attached hydrogens (tertiary/aromatic N) is 2. The minimum atomic E-state index is -1.18. The number of thiocarbonyl (C=S) groups is 1. The Morgan fingerprint density at radius 3 is 2.53 bits per heavy atom. The minimum absolute atomic E-state index is 0.164. The summed E-state index contributed by atoms with van der Waals surface area (Å²) in [7, 11) is 5.78. The monoisotopic (exact) mass is 438 g/mol. The molecule has 0 amide bonds. The number of methoxy groups -OCH3 is 4. The van der Waals surface area contributed by atoms with Gasteiger partial charge in [-0.25, -0.2) is 4.98 Å². The molecule has 4 atom stereocenters. The van der Waals surface area contributed by atoms with Crippen LogP contribution in [-0.4, -0.2) is 67.0 Å². The van der Waals surface area contributed by atoms with Crippen molar-refractivity contribution in [2.45, 2.75) is 31.2 Å². The smallest absolute Gasteiger partial charge is 0.309 e. The zero-order valence-electron chi connectivity index (χ0n) is 17.4. The zero-order valence-corrected chi connectivity index (χ0v) is 18.2. The van der Waals surface area contributed by atoms with Gasteiger partial charge in [0.1, 0.15) is 6.33 Å². The first-order valence-electron chi connectivity index (χ1n) is 9.56. The van der Waals surface area contributed by atoms with E-state index in [1.165, 1.54) is 34.8 Å². The van der Waals surface area contributed by atoms with Crippen molar-refractivity contribution in [1.82, 2.24) is 9.55 Å². The molecule has 0 N–H and O–H groups in total. The van der Waals surface area contributed by atoms with Gasteiger partial charge >= 0.3 is 11.9 Å². The number of carbonyl (C=O) groups is 2. The molecule has 9 nitrogen and oxygen atoms in total. The minimum Gasteiger partial charge on any atom is -0.469 e. The van der Waals surface area contributed by atoms with E-state index in [1.807, 2.05) is 6.08 Å². The molecule has 3 unspecified atom stereocenters. The molecule has 0 saturated heterocycles. The largest absolute Gasteiger partial charge is 0.469 e. The van der Waals surface area contributed by atoms with Crippen LogP contribution in [0.25, 0.3) is 0 Å². The van der Waals surface area contributed by atoms with Gasteiger partial charge in [0.05, 0.1) is 20.1 Å². The molecule has 3 aliphatic carbocycles. The molecule has 30 heavy (non-hydrogen) atoms. The predicted molar refractivity (Wildman–Crippen MR) is 108 cm³/mol. The van der Waals surface area contributed by atoms with Crippen molar-refractivity contribution in [1.29, 1.82) is 0 Å². The summed E-state index contributed by atoms with van der Waals surface area (Å²) in [5.74, 6) is -3.03. The third-order valence-electron chi connectivity index (χ3n) is 5.97. The van der Waals surface area contributed by atoms with Crippen molar-refractivity contribution in [3.63, 3.8) is 0 Å². The lowest BCUT2D eigenvalue weighted by atomic mass is 9.60. The molecule has 0 radical (unpaired) electrons. The number of carbonyl (C=O) groups excluding carboxylic acids is 2. The third-order valence-corrected chi connectivity index (χ3v) is 6.28. The summed E-state index contributed by atoms with van der Waals surface area (Å²) in [6.45, 7) is 0. The lowest BCUT2D eigenvalue weighted by molar-refractivity contribution is -0.308. The molecule has 2 bridgehead atoms. The fraction of sp³-hybridized carbons (Fsp3) is 0.600. The lowest BCUT2D eigenvalue weighted by Crippen LogP contribution is -2.65. The highest BCUT2D eigenvalue weighted by Gasteiger charge is 2.63. The first-order chi connectivity index (χ1) is 14.4. The van der Waals surface area contributed by atoms with E-state index >= 15 is 0 Å². The standard InChI is InChI=1S/C20H26N2O7S/c1-25-16(23)6-5-12-9-13-14(18(24)26-2)10-15(12)20(27-3,28-4)17(13)29-19(30)22-8-7-21-11-22/h7-9,11,13-15,17H,5-6,10H2,1-4H3/t13?,14?,15?,17-/m1/s1. The first kappa shape index (κ1) is 22.4. The molecular weight excluding hydrogens is 412 g/mol. The number of fused-ring (bicyclic) bond motifs is 2. The fourth-order valence-corrected chi connectivity index (χ4v) is 4.75. The maximum Gasteiger partial charge on any atom is 0.309 e. The summed E-state index contributed by atoms with van der Waals surface area (Å²) in [6, 6.07) is 0. The van der Waals surface area contributed by atoms with E-state index in [0.29, 0.717) is 12.8 Å². The summed E-state index contributed by atoms with van der Waals surface area (Å²) in [5.41, 5.74) is 0.961. The van der Waals surface area contributed by atoms with Crippen LogP contribution in [0.4, 0.5) is 0 Å². The van der Waals surface area contributed by atoms with Crippen LogP contribution in [0.1, 0.15) is 19.3 Å². The van der Waals surface area contributed by atoms with Crippen molar-refractivity contribution < 1.29 is 33.3 Å². The second kappa shape index (κ2) is 9.23. The molecular formula is C20H26N2O7S. The van der Waals surface area contributed by atoms with Gasteiger partial charge in [-0.15, -0.1) is 0 Å². The summed E-state index contributed by atoms with van der Waals surface area (Å²) in [5, 5.41) is 0.164. The number of imidazole rings is 1. The summed E-state index contributed by atoms with van der Waals surface area (Å²) >= 11 is 5.42. The lowest BCUT2D eigenvalue weighted by Gasteiger charge is -2.55. The molecule has 0 aromatic carbocycles. The number of hydrogen-bond acceptors (Lipinski definition) is 9. The Balaban J connectivity index is 1.98. The zero-order chi connectivity index (χ0) is 21.9. The molecule has 0 aliphatic heterocycles. The van der Waals surface area contributed by atoms with Gasteiger partial charge in [0.2, 0.25) is 5.79 Å². The molecule has 4 rings (SSSR count). The van der Waals surface area contributed by atoms with Gasteiger partial charge in [-0.2, -0.15) is 0 Å². The second-order valence-electron chi connectivity index (χ2n) is 7.22. The highest BCUT2D eigenvalue weighted by atomic mass is 32.1. The Labute approximate surface area is 180 Å². The van der Waals surface area contributed by atoms with Crippen LogP contribution in [0.3, 0.4) is 0 Å². The summed E-state index contributed by atoms with van der Waals surface area (Å²) in [4.78, 5) is 28.2. The van der Waals surface area contributed by atoms with Crippen molar-refractivity contribution in [2.75, 3.05) is 28.4 Å². The maximum absolute atomic E-state index is 12.5. The van der Waals surface area contributed by atoms with Gasteiger partial charge < -0.3 is 23.7 Å². The number of aromatic nitrogens is 2. The fourth-order valence-electron chi connectivity index (χ4n) is 4.54. The molecule has 1 aromatic rings. The van der Waals surface area contributed by atoms with Gasteiger partial charge in [-0.1, -0.05) is 11.6 Å². The van der Waals surface area contributed by atoms with E-state index < -0.39 is 23.7 Å². The van der Waals surface area contributed by atoms with Gasteiger partial charge in [-0.3, -0.25) is 14.2 Å². The molecule has 1 heterocycles. The predicted octanol–water partition coefficient (Wildman–Crippen LogP) is 1.71. The van der Waals surface area contributed by atoms with Crippen molar-refractivity contribution in [2.24, 2.45) is 17.8 Å². The third kappa shape index (κ3) is 3.86. The van der Waals surface area contributed by atoms with Gasteiger partial charge in [0.15, 0.2) is 6.10 Å². The maximum atomic E-state index is 12.5. The second-order valence-corrected chi connectivity index (χ2v) is 7.57. The molecule has 164 valence electrons. The van der Waals surface area contributed by atoms with Crippen LogP contribution in [0, 0.1) is 17.8 Å². The summed E-state index contributed by atoms with van der Waals surface area (Å²) in [6.07, 6.45) is 7.18. The highest BCUT2D eigenvalue weighted by molar-refractivity contribution is 7.80. The Hall–Kier alpha value is -2.30. The SMILES string of the molecule is COC(=O)CCC1=CC2C(C(=O)OC)CC1C(OC)(OC)[C@@H]2OC(=S)n1ccnc1. The highest BCUT2D eigenvalue weighted by Crippen LogP contribution is 2.54. The van der Waals surface area contributed by atoms with Crippen LogP contribution in [-0.2, 0) is 33.3 Å². The van der Waals surface area contributed by atoms with Crippen LogP contribution in [0.15, 0.2) is 30.4 Å². The van der Waals surface area contributed by atoms with Crippen LogP contribution in [0.5, 0.6) is 0 Å². The molecule has 0 spiro atoms. The number of esters is 2. The van der Waals surface area contributed by atoms with Gasteiger partial charge in [0.25, 0.3) is 5.17 Å². The Bertz CT molecular complexity index is 819. The molecule has 1 fully saturated rings. The van der Waals surface area contributed by atoms with Crippen molar-refractivity contribution >= 4 is 29.3 Å². The van der Waals surface area contributed by atoms with E-state index in [2.05, 4.69) is 4.98 Å². The molecule has 3 aliphatic rings. The van der Waals surface area contributed by atoms with E-state index in [1.54, 1.807) is 17.0 Å². The molecule has 10 heteroatoms. The summed E-state index contributed by atoms with van der Waals surface area (Å²) < 4.78 is 29.3. The van der Waals surface area contributed by atoms with Crippen LogP contribution in [0.2, 0.25) is 0 Å². The topological polar surface area (TPSA) is 98.1 Å². The van der Waals surface area contributed by atoms with Crippen molar-refractivity contribution in [3.8, 4) is 0 Å². The Kier molecular flexibility index (Phi) is 6.89. The Morgan fingerprint density at radius 1 is 1.23 bits per heavy atom. The number of ether oxygens (including phenoxy) is 5. The quantitative estimate of drug-likeness (QED) is 0.273. The normalized spacial score (nSPS) is 26.6. The average Bonchev–Trinajstić information content (AvgIpc) is 3.32. The van der Waals surface area contributed by atoms with Crippen LogP contribution >= 0.6 is 12.2 Å². The molecule has 1 saturated carbocycles. The first-order valence-corrected chi connectivity index (χ1v) is 9.97. The average molecular weight is 439 g/mol. The molecule has 1 aromatic heterocycles.